The Labute approximate surface area is 82.0 Å². The lowest BCUT2D eigenvalue weighted by atomic mass is 9.87. The van der Waals surface area contributed by atoms with Gasteiger partial charge in [0.25, 0.3) is 0 Å². The van der Waals surface area contributed by atoms with Crippen LogP contribution in [-0.2, 0) is 4.74 Å². The average Bonchev–Trinajstić information content (AvgIpc) is 2.51. The van der Waals surface area contributed by atoms with E-state index >= 15 is 0 Å². The second-order valence-electron chi connectivity index (χ2n) is 4.68. The maximum absolute atomic E-state index is 5.32. The summed E-state index contributed by atoms with van der Waals surface area (Å²) in [4.78, 5) is 0. The molecule has 2 nitrogen and oxygen atoms in total. The molecule has 1 N–H and O–H groups in total. The van der Waals surface area contributed by atoms with Crippen LogP contribution in [-0.4, -0.2) is 26.3 Å². The third-order valence-electron chi connectivity index (χ3n) is 3.00. The Morgan fingerprint density at radius 3 is 2.38 bits per heavy atom. The second kappa shape index (κ2) is 4.97. The first-order valence-electron chi connectivity index (χ1n) is 5.41. The Bertz CT molecular complexity index is 139. The molecule has 0 radical (unpaired) electrons. The highest BCUT2D eigenvalue weighted by Gasteiger charge is 2.33. The molecule has 0 bridgehead atoms. The summed E-state index contributed by atoms with van der Waals surface area (Å²) < 4.78 is 5.32. The number of rotatable bonds is 5. The Hall–Kier alpha value is -0.0800. The van der Waals surface area contributed by atoms with E-state index in [1.54, 1.807) is 0 Å². The minimum Gasteiger partial charge on any atom is -0.384 e. The van der Waals surface area contributed by atoms with Crippen LogP contribution in [0.4, 0.5) is 0 Å². The van der Waals surface area contributed by atoms with Crippen LogP contribution in [0.25, 0.3) is 0 Å². The maximum atomic E-state index is 5.32. The van der Waals surface area contributed by atoms with Crippen molar-refractivity contribution in [3.05, 3.63) is 0 Å². The lowest BCUT2D eigenvalue weighted by molar-refractivity contribution is 0.0812. The highest BCUT2D eigenvalue weighted by molar-refractivity contribution is 4.86. The predicted octanol–water partition coefficient (Wildman–Crippen LogP) is 2.19. The summed E-state index contributed by atoms with van der Waals surface area (Å²) in [7, 11) is 1.81. The number of hydrogen-bond acceptors (Lipinski definition) is 2. The van der Waals surface area contributed by atoms with Gasteiger partial charge in [-0.1, -0.05) is 26.7 Å². The van der Waals surface area contributed by atoms with Gasteiger partial charge in [-0.15, -0.1) is 0 Å². The zero-order valence-corrected chi connectivity index (χ0v) is 9.23. The lowest BCUT2D eigenvalue weighted by Crippen LogP contribution is -2.38. The topological polar surface area (TPSA) is 21.3 Å². The molecule has 1 saturated carbocycles. The summed E-state index contributed by atoms with van der Waals surface area (Å²) in [5.74, 6) is 0. The van der Waals surface area contributed by atoms with Crippen LogP contribution in [0.1, 0.15) is 39.5 Å². The van der Waals surface area contributed by atoms with Crippen LogP contribution in [0.2, 0.25) is 0 Å². The van der Waals surface area contributed by atoms with Crippen molar-refractivity contribution in [2.75, 3.05) is 20.3 Å². The average molecular weight is 185 g/mol. The SMILES string of the molecule is COCC1(CNC(C)C)CCCC1. The van der Waals surface area contributed by atoms with Crippen LogP contribution in [0.5, 0.6) is 0 Å². The van der Waals surface area contributed by atoms with Crippen LogP contribution in [0, 0.1) is 5.41 Å². The maximum Gasteiger partial charge on any atom is 0.0530 e. The zero-order chi connectivity index (χ0) is 9.73. The molecular formula is C11H23NO. The molecule has 0 aromatic rings. The monoisotopic (exact) mass is 185 g/mol. The highest BCUT2D eigenvalue weighted by Crippen LogP contribution is 2.37. The minimum atomic E-state index is 0.443. The van der Waals surface area contributed by atoms with Gasteiger partial charge in [-0.2, -0.15) is 0 Å². The molecule has 0 heterocycles. The van der Waals surface area contributed by atoms with Crippen molar-refractivity contribution >= 4 is 0 Å². The molecule has 13 heavy (non-hydrogen) atoms. The van der Waals surface area contributed by atoms with E-state index in [-0.39, 0.29) is 0 Å². The standard InChI is InChI=1S/C11H23NO/c1-10(2)12-8-11(9-13-3)6-4-5-7-11/h10,12H,4-9H2,1-3H3. The van der Waals surface area contributed by atoms with E-state index in [9.17, 15) is 0 Å². The molecule has 0 atom stereocenters. The number of methoxy groups -OCH3 is 1. The Morgan fingerprint density at radius 2 is 1.92 bits per heavy atom. The van der Waals surface area contributed by atoms with Gasteiger partial charge in [0.05, 0.1) is 6.61 Å². The summed E-state index contributed by atoms with van der Waals surface area (Å²) in [5, 5.41) is 3.53. The van der Waals surface area contributed by atoms with Gasteiger partial charge in [0, 0.05) is 25.1 Å². The van der Waals surface area contributed by atoms with Crippen LogP contribution in [0.3, 0.4) is 0 Å². The van der Waals surface area contributed by atoms with E-state index in [0.717, 1.165) is 13.2 Å². The van der Waals surface area contributed by atoms with E-state index in [1.165, 1.54) is 25.7 Å². The number of nitrogens with one attached hydrogen (secondary N) is 1. The molecule has 0 spiro atoms. The third kappa shape index (κ3) is 3.28. The first kappa shape index (κ1) is 11.0. The van der Waals surface area contributed by atoms with E-state index < -0.39 is 0 Å². The first-order chi connectivity index (χ1) is 6.18. The van der Waals surface area contributed by atoms with Gasteiger partial charge in [-0.05, 0) is 12.8 Å². The smallest absolute Gasteiger partial charge is 0.0530 e. The lowest BCUT2D eigenvalue weighted by Gasteiger charge is -2.29. The molecule has 0 aliphatic heterocycles. The quantitative estimate of drug-likeness (QED) is 0.709. The van der Waals surface area contributed by atoms with Crippen molar-refractivity contribution in [3.63, 3.8) is 0 Å². The third-order valence-corrected chi connectivity index (χ3v) is 3.00. The summed E-state index contributed by atoms with van der Waals surface area (Å²) in [5.41, 5.74) is 0.443. The predicted molar refractivity (Wildman–Crippen MR) is 55.9 cm³/mol. The van der Waals surface area contributed by atoms with Gasteiger partial charge in [-0.3, -0.25) is 0 Å². The van der Waals surface area contributed by atoms with Gasteiger partial charge >= 0.3 is 0 Å². The van der Waals surface area contributed by atoms with Gasteiger partial charge in [0.15, 0.2) is 0 Å². The minimum absolute atomic E-state index is 0.443. The largest absolute Gasteiger partial charge is 0.384 e. The highest BCUT2D eigenvalue weighted by atomic mass is 16.5. The van der Waals surface area contributed by atoms with Crippen molar-refractivity contribution < 1.29 is 4.74 Å². The molecule has 0 aromatic heterocycles. The molecule has 0 amide bonds. The summed E-state index contributed by atoms with van der Waals surface area (Å²) >= 11 is 0. The molecule has 0 aromatic carbocycles. The van der Waals surface area contributed by atoms with Crippen LogP contribution < -0.4 is 5.32 Å². The molecule has 0 unspecified atom stereocenters. The van der Waals surface area contributed by atoms with E-state index in [0.29, 0.717) is 11.5 Å². The Morgan fingerprint density at radius 1 is 1.31 bits per heavy atom. The molecule has 2 heteroatoms. The van der Waals surface area contributed by atoms with E-state index in [4.69, 9.17) is 4.74 Å². The molecule has 78 valence electrons. The van der Waals surface area contributed by atoms with E-state index in [2.05, 4.69) is 19.2 Å². The molecular weight excluding hydrogens is 162 g/mol. The van der Waals surface area contributed by atoms with Crippen molar-refractivity contribution in [1.29, 1.82) is 0 Å². The van der Waals surface area contributed by atoms with Gasteiger partial charge < -0.3 is 10.1 Å². The van der Waals surface area contributed by atoms with Gasteiger partial charge in [0.2, 0.25) is 0 Å². The summed E-state index contributed by atoms with van der Waals surface area (Å²) in [6.07, 6.45) is 5.42. The summed E-state index contributed by atoms with van der Waals surface area (Å²) in [6.45, 7) is 6.45. The first-order valence-corrected chi connectivity index (χ1v) is 5.41. The van der Waals surface area contributed by atoms with Crippen LogP contribution >= 0.6 is 0 Å². The van der Waals surface area contributed by atoms with Gasteiger partial charge in [0.1, 0.15) is 0 Å². The Kier molecular flexibility index (Phi) is 4.20. The normalized spacial score (nSPS) is 21.2. The van der Waals surface area contributed by atoms with Crippen molar-refractivity contribution in [2.45, 2.75) is 45.6 Å². The molecule has 1 fully saturated rings. The number of hydrogen-bond donors (Lipinski definition) is 1. The van der Waals surface area contributed by atoms with Crippen LogP contribution in [0.15, 0.2) is 0 Å². The van der Waals surface area contributed by atoms with E-state index in [1.807, 2.05) is 7.11 Å². The molecule has 1 aliphatic carbocycles. The second-order valence-corrected chi connectivity index (χ2v) is 4.68. The van der Waals surface area contributed by atoms with Crippen molar-refractivity contribution in [1.82, 2.24) is 5.32 Å². The zero-order valence-electron chi connectivity index (χ0n) is 9.23. The molecule has 0 saturated heterocycles. The number of ether oxygens (including phenoxy) is 1. The fourth-order valence-electron chi connectivity index (χ4n) is 2.22. The Balaban J connectivity index is 2.37. The fraction of sp³-hybridized carbons (Fsp3) is 1.00. The van der Waals surface area contributed by atoms with Crippen molar-refractivity contribution in [3.8, 4) is 0 Å². The van der Waals surface area contributed by atoms with Crippen molar-refractivity contribution in [2.24, 2.45) is 5.41 Å². The summed E-state index contributed by atoms with van der Waals surface area (Å²) in [6, 6.07) is 0.592. The molecule has 1 aliphatic rings. The fourth-order valence-corrected chi connectivity index (χ4v) is 2.22. The van der Waals surface area contributed by atoms with Gasteiger partial charge in [-0.25, -0.2) is 0 Å². The molecule has 1 rings (SSSR count).